The summed E-state index contributed by atoms with van der Waals surface area (Å²) >= 11 is 0. The molecule has 0 spiro atoms. The van der Waals surface area contributed by atoms with Gasteiger partial charge in [0.05, 0.1) is 18.2 Å². The Bertz CT molecular complexity index is 1210. The summed E-state index contributed by atoms with van der Waals surface area (Å²) in [6, 6.07) is 8.77. The van der Waals surface area contributed by atoms with E-state index in [9.17, 15) is 31.5 Å². The van der Waals surface area contributed by atoms with Crippen LogP contribution >= 0.6 is 0 Å². The summed E-state index contributed by atoms with van der Waals surface area (Å²) in [5.74, 6) is -3.65. The molecular formula is C22H15F5N2O3. The van der Waals surface area contributed by atoms with Gasteiger partial charge in [-0.15, -0.1) is 0 Å². The lowest BCUT2D eigenvalue weighted by Gasteiger charge is -2.16. The average molecular weight is 450 g/mol. The summed E-state index contributed by atoms with van der Waals surface area (Å²) in [6.45, 7) is 0. The second-order valence-electron chi connectivity index (χ2n) is 6.62. The molecule has 0 aliphatic carbocycles. The quantitative estimate of drug-likeness (QED) is 0.537. The van der Waals surface area contributed by atoms with Gasteiger partial charge < -0.3 is 15.8 Å². The highest BCUT2D eigenvalue weighted by atomic mass is 19.4. The van der Waals surface area contributed by atoms with E-state index in [2.05, 4.69) is 5.32 Å². The van der Waals surface area contributed by atoms with Gasteiger partial charge in [0.25, 0.3) is 11.8 Å². The predicted octanol–water partition coefficient (Wildman–Crippen LogP) is 5.01. The maximum Gasteiger partial charge on any atom is 0.416 e. The van der Waals surface area contributed by atoms with Crippen molar-refractivity contribution in [2.75, 3.05) is 12.4 Å². The van der Waals surface area contributed by atoms with Crippen molar-refractivity contribution in [2.45, 2.75) is 6.18 Å². The number of anilines is 1. The topological polar surface area (TPSA) is 81.4 Å². The number of carbonyl (C=O) groups excluding carboxylic acids is 2. The van der Waals surface area contributed by atoms with Crippen molar-refractivity contribution in [2.24, 2.45) is 5.73 Å². The van der Waals surface area contributed by atoms with Crippen LogP contribution in [0.1, 0.15) is 26.3 Å². The number of carbonyl (C=O) groups is 2. The second kappa shape index (κ2) is 8.66. The van der Waals surface area contributed by atoms with E-state index in [0.29, 0.717) is 6.07 Å². The third kappa shape index (κ3) is 4.69. The number of ether oxygens (including phenoxy) is 1. The van der Waals surface area contributed by atoms with Gasteiger partial charge in [-0.3, -0.25) is 9.59 Å². The van der Waals surface area contributed by atoms with Crippen molar-refractivity contribution in [1.82, 2.24) is 0 Å². The zero-order chi connectivity index (χ0) is 23.6. The number of rotatable bonds is 5. The zero-order valence-corrected chi connectivity index (χ0v) is 16.4. The van der Waals surface area contributed by atoms with Crippen LogP contribution in [0, 0.1) is 11.6 Å². The number of nitrogens with one attached hydrogen (secondary N) is 1. The Morgan fingerprint density at radius 3 is 2.22 bits per heavy atom. The Kier molecular flexibility index (Phi) is 6.15. The number of methoxy groups -OCH3 is 1. The fourth-order valence-corrected chi connectivity index (χ4v) is 3.02. The molecule has 3 N–H and O–H groups in total. The van der Waals surface area contributed by atoms with E-state index in [0.717, 1.165) is 42.5 Å². The molecule has 5 nitrogen and oxygen atoms in total. The molecule has 0 atom stereocenters. The minimum absolute atomic E-state index is 0.00314. The molecule has 10 heteroatoms. The van der Waals surface area contributed by atoms with E-state index >= 15 is 0 Å². The molecular weight excluding hydrogens is 435 g/mol. The summed E-state index contributed by atoms with van der Waals surface area (Å²) in [5.41, 5.74) is 3.20. The van der Waals surface area contributed by atoms with Gasteiger partial charge in [0, 0.05) is 22.9 Å². The Morgan fingerprint density at radius 2 is 1.59 bits per heavy atom. The highest BCUT2D eigenvalue weighted by Gasteiger charge is 2.32. The van der Waals surface area contributed by atoms with E-state index in [4.69, 9.17) is 10.5 Å². The van der Waals surface area contributed by atoms with Crippen LogP contribution in [0.25, 0.3) is 11.1 Å². The zero-order valence-electron chi connectivity index (χ0n) is 16.4. The fourth-order valence-electron chi connectivity index (χ4n) is 3.02. The Hall–Kier alpha value is -3.95. The number of hydrogen-bond donors (Lipinski definition) is 2. The minimum atomic E-state index is -4.74. The Labute approximate surface area is 178 Å². The van der Waals surface area contributed by atoms with Crippen LogP contribution in [-0.4, -0.2) is 18.9 Å². The maximum absolute atomic E-state index is 13.7. The number of amides is 2. The Morgan fingerprint density at radius 1 is 0.906 bits per heavy atom. The van der Waals surface area contributed by atoms with Gasteiger partial charge in [0.2, 0.25) is 0 Å². The molecule has 0 aliphatic rings. The van der Waals surface area contributed by atoms with E-state index in [1.807, 2.05) is 0 Å². The lowest BCUT2D eigenvalue weighted by Crippen LogP contribution is -2.17. The van der Waals surface area contributed by atoms with Crippen LogP contribution < -0.4 is 15.8 Å². The fraction of sp³-hybridized carbons (Fsp3) is 0.0909. The van der Waals surface area contributed by atoms with Crippen LogP contribution in [0.5, 0.6) is 5.75 Å². The molecule has 0 saturated heterocycles. The molecule has 0 aliphatic heterocycles. The molecule has 166 valence electrons. The van der Waals surface area contributed by atoms with Crippen molar-refractivity contribution in [3.8, 4) is 16.9 Å². The molecule has 2 amide bonds. The molecule has 0 unspecified atom stereocenters. The van der Waals surface area contributed by atoms with Gasteiger partial charge in [0.15, 0.2) is 0 Å². The van der Waals surface area contributed by atoms with Crippen LogP contribution in [0.2, 0.25) is 0 Å². The van der Waals surface area contributed by atoms with Crippen molar-refractivity contribution in [3.05, 3.63) is 82.9 Å². The summed E-state index contributed by atoms with van der Waals surface area (Å²) in [5, 5.41) is 2.32. The van der Waals surface area contributed by atoms with E-state index < -0.39 is 46.3 Å². The van der Waals surface area contributed by atoms with Crippen molar-refractivity contribution < 1.29 is 36.3 Å². The summed E-state index contributed by atoms with van der Waals surface area (Å²) < 4.78 is 72.2. The second-order valence-corrected chi connectivity index (χ2v) is 6.62. The first-order valence-electron chi connectivity index (χ1n) is 8.97. The monoisotopic (exact) mass is 450 g/mol. The van der Waals surface area contributed by atoms with Gasteiger partial charge >= 0.3 is 6.18 Å². The van der Waals surface area contributed by atoms with Crippen LogP contribution in [0.15, 0.2) is 54.6 Å². The first-order valence-corrected chi connectivity index (χ1v) is 8.97. The van der Waals surface area contributed by atoms with Gasteiger partial charge in [-0.1, -0.05) is 6.07 Å². The standard InChI is InChI=1S/C22H15F5N2O3/c1-32-19-9-12(23)3-6-15(19)14-5-2-11(22(25,26)27)8-16(14)21(31)29-13-4-7-18(24)17(10-13)20(28)30/h2-10H,1H3,(H2,28,30)(H,29,31). The summed E-state index contributed by atoms with van der Waals surface area (Å²) in [6.07, 6.45) is -4.74. The van der Waals surface area contributed by atoms with Crippen LogP contribution in [0.4, 0.5) is 27.6 Å². The highest BCUT2D eigenvalue weighted by molar-refractivity contribution is 6.09. The van der Waals surface area contributed by atoms with Crippen molar-refractivity contribution >= 4 is 17.5 Å². The Balaban J connectivity index is 2.12. The minimum Gasteiger partial charge on any atom is -0.496 e. The summed E-state index contributed by atoms with van der Waals surface area (Å²) in [4.78, 5) is 24.2. The molecule has 0 radical (unpaired) electrons. The van der Waals surface area contributed by atoms with E-state index in [-0.39, 0.29) is 22.6 Å². The van der Waals surface area contributed by atoms with Crippen LogP contribution in [0.3, 0.4) is 0 Å². The highest BCUT2D eigenvalue weighted by Crippen LogP contribution is 2.37. The molecule has 3 rings (SSSR count). The largest absolute Gasteiger partial charge is 0.496 e. The predicted molar refractivity (Wildman–Crippen MR) is 106 cm³/mol. The lowest BCUT2D eigenvalue weighted by atomic mass is 9.95. The number of nitrogens with two attached hydrogens (primary N) is 1. The van der Waals surface area contributed by atoms with Crippen LogP contribution in [-0.2, 0) is 6.18 Å². The average Bonchev–Trinajstić information content (AvgIpc) is 2.73. The van der Waals surface area contributed by atoms with Gasteiger partial charge in [0.1, 0.15) is 17.4 Å². The third-order valence-corrected chi connectivity index (χ3v) is 4.53. The molecule has 0 saturated carbocycles. The normalized spacial score (nSPS) is 11.2. The molecule has 0 aromatic heterocycles. The number of benzene rings is 3. The van der Waals surface area contributed by atoms with Gasteiger partial charge in [-0.2, -0.15) is 13.2 Å². The van der Waals surface area contributed by atoms with Gasteiger partial charge in [-0.25, -0.2) is 8.78 Å². The van der Waals surface area contributed by atoms with Gasteiger partial charge in [-0.05, 0) is 48.0 Å². The lowest BCUT2D eigenvalue weighted by molar-refractivity contribution is -0.137. The smallest absolute Gasteiger partial charge is 0.416 e. The molecule has 32 heavy (non-hydrogen) atoms. The van der Waals surface area contributed by atoms with E-state index in [1.165, 1.54) is 13.2 Å². The van der Waals surface area contributed by atoms with Crippen molar-refractivity contribution in [1.29, 1.82) is 0 Å². The first-order chi connectivity index (χ1) is 15.0. The molecule has 0 fully saturated rings. The molecule has 0 heterocycles. The molecule has 3 aromatic carbocycles. The number of halogens is 5. The number of alkyl halides is 3. The number of hydrogen-bond acceptors (Lipinski definition) is 3. The van der Waals surface area contributed by atoms with E-state index in [1.54, 1.807) is 0 Å². The number of primary amides is 1. The SMILES string of the molecule is COc1cc(F)ccc1-c1ccc(C(F)(F)F)cc1C(=O)Nc1ccc(F)c(C(N)=O)c1. The first kappa shape index (κ1) is 22.7. The molecule has 3 aromatic rings. The third-order valence-electron chi connectivity index (χ3n) is 4.53. The molecule has 0 bridgehead atoms. The maximum atomic E-state index is 13.7. The van der Waals surface area contributed by atoms with Crippen molar-refractivity contribution in [3.63, 3.8) is 0 Å². The summed E-state index contributed by atoms with van der Waals surface area (Å²) in [7, 11) is 1.24.